The number of esters is 3. The van der Waals surface area contributed by atoms with Gasteiger partial charge >= 0.3 is 17.9 Å². The van der Waals surface area contributed by atoms with Crippen LogP contribution in [0.25, 0.3) is 10.8 Å². The van der Waals surface area contributed by atoms with Crippen molar-refractivity contribution in [3.05, 3.63) is 131 Å². The smallest absolute Gasteiger partial charge is 0.343 e. The Bertz CT molecular complexity index is 2020. The molecule has 0 saturated heterocycles. The van der Waals surface area contributed by atoms with Gasteiger partial charge in [-0.15, -0.1) is 0 Å². The zero-order valence-electron chi connectivity index (χ0n) is 28.1. The molecule has 4 aromatic carbocycles. The third-order valence-electron chi connectivity index (χ3n) is 8.58. The number of fused-ring (bicyclic) bond motifs is 1. The van der Waals surface area contributed by atoms with E-state index in [4.69, 9.17) is 24.7 Å². The average Bonchev–Trinajstić information content (AvgIpc) is 3.14. The van der Waals surface area contributed by atoms with E-state index in [0.29, 0.717) is 53.9 Å². The van der Waals surface area contributed by atoms with Crippen LogP contribution in [-0.4, -0.2) is 17.9 Å². The number of carbonyl (C=O) groups is 3. The summed E-state index contributed by atoms with van der Waals surface area (Å²) in [5, 5.41) is 19.5. The first-order valence-corrected chi connectivity index (χ1v) is 17.1. The van der Waals surface area contributed by atoms with E-state index in [1.54, 1.807) is 91.0 Å². The Morgan fingerprint density at radius 3 is 1.82 bits per heavy atom. The molecule has 1 unspecified atom stereocenters. The second-order valence-electron chi connectivity index (χ2n) is 12.3. The van der Waals surface area contributed by atoms with Crippen molar-refractivity contribution in [1.82, 2.24) is 0 Å². The van der Waals surface area contributed by atoms with Crippen molar-refractivity contribution >= 4 is 28.7 Å². The minimum Gasteiger partial charge on any atom is -0.427 e. The summed E-state index contributed by atoms with van der Waals surface area (Å²) in [6.07, 6.45) is 10.0. The van der Waals surface area contributed by atoms with E-state index >= 15 is 0 Å². The molecule has 1 aliphatic carbocycles. The van der Waals surface area contributed by atoms with Gasteiger partial charge in [0.15, 0.2) is 0 Å². The van der Waals surface area contributed by atoms with Crippen molar-refractivity contribution in [3.8, 4) is 23.6 Å². The molecule has 1 atom stereocenters. The highest BCUT2D eigenvalue weighted by atomic mass is 19.1. The molecule has 1 aliphatic rings. The first kappa shape index (κ1) is 36.2. The summed E-state index contributed by atoms with van der Waals surface area (Å²) in [6, 6.07) is 27.5. The monoisotopic (exact) mass is 684 g/mol. The molecule has 0 aromatic heterocycles. The Hall–Kier alpha value is -6.06. The predicted octanol–water partition coefficient (Wildman–Crippen LogP) is 9.69. The highest BCUT2D eigenvalue weighted by Crippen LogP contribution is 2.34. The number of benzene rings is 4. The molecule has 0 aliphatic heterocycles. The van der Waals surface area contributed by atoms with Crippen molar-refractivity contribution in [2.45, 2.75) is 70.1 Å². The van der Waals surface area contributed by atoms with Gasteiger partial charge in [0.1, 0.15) is 23.1 Å². The first-order chi connectivity index (χ1) is 24.8. The molecule has 0 N–H and O–H groups in total. The maximum absolute atomic E-state index is 14.7. The summed E-state index contributed by atoms with van der Waals surface area (Å²) in [7, 11) is 0. The van der Waals surface area contributed by atoms with Gasteiger partial charge in [-0.2, -0.15) is 10.5 Å². The van der Waals surface area contributed by atoms with Gasteiger partial charge < -0.3 is 14.2 Å². The van der Waals surface area contributed by atoms with Gasteiger partial charge in [0.25, 0.3) is 0 Å². The fourth-order valence-electron chi connectivity index (χ4n) is 5.76. The molecular weight excluding hydrogens is 647 g/mol. The van der Waals surface area contributed by atoms with Crippen LogP contribution in [0.2, 0.25) is 0 Å². The molecule has 258 valence electrons. The molecule has 9 heteroatoms. The summed E-state index contributed by atoms with van der Waals surface area (Å²) in [4.78, 5) is 37.3. The molecule has 0 saturated carbocycles. The summed E-state index contributed by atoms with van der Waals surface area (Å²) < 4.78 is 31.0. The van der Waals surface area contributed by atoms with Crippen molar-refractivity contribution in [2.75, 3.05) is 0 Å². The minimum absolute atomic E-state index is 0.233. The van der Waals surface area contributed by atoms with Gasteiger partial charge in [0.05, 0.1) is 28.8 Å². The summed E-state index contributed by atoms with van der Waals surface area (Å²) in [6.45, 7) is 0. The lowest BCUT2D eigenvalue weighted by Gasteiger charge is -2.19. The molecule has 0 bridgehead atoms. The Kier molecular flexibility index (Phi) is 12.8. The number of unbranched alkanes of at least 4 members (excludes halogenated alkanes) is 6. The van der Waals surface area contributed by atoms with Crippen LogP contribution < -0.4 is 9.47 Å². The normalized spacial score (nSPS) is 13.7. The van der Waals surface area contributed by atoms with Crippen molar-refractivity contribution < 1.29 is 33.0 Å². The third-order valence-corrected chi connectivity index (χ3v) is 8.58. The zero-order valence-corrected chi connectivity index (χ0v) is 28.1. The molecule has 0 amide bonds. The number of ether oxygens (including phenoxy) is 3. The SMILES string of the molecule is N#Cc1ccc(OC(=O)c2ccc3cc(OC(=O)CCCCCCCCCC(=O)OC4=CCC(c5ccc(C#N)cc5)C(F)=C4)ccc3c2)cc1. The lowest BCUT2D eigenvalue weighted by molar-refractivity contribution is -0.139. The number of rotatable bonds is 15. The van der Waals surface area contributed by atoms with E-state index in [1.807, 2.05) is 12.1 Å². The molecule has 0 heterocycles. The van der Waals surface area contributed by atoms with Crippen molar-refractivity contribution in [1.29, 1.82) is 10.5 Å². The Balaban J connectivity index is 0.922. The fourth-order valence-corrected chi connectivity index (χ4v) is 5.76. The van der Waals surface area contributed by atoms with Gasteiger partial charge in [-0.25, -0.2) is 9.18 Å². The quantitative estimate of drug-likeness (QED) is 0.0688. The summed E-state index contributed by atoms with van der Waals surface area (Å²) in [5.74, 6) is -0.996. The highest BCUT2D eigenvalue weighted by Gasteiger charge is 2.22. The van der Waals surface area contributed by atoms with Crippen molar-refractivity contribution in [2.24, 2.45) is 0 Å². The molecular formula is C42H37FN2O6. The second-order valence-corrected chi connectivity index (χ2v) is 12.3. The van der Waals surface area contributed by atoms with Crippen LogP contribution in [0.15, 0.2) is 109 Å². The Labute approximate surface area is 296 Å². The number of nitrogens with zero attached hydrogens (tertiary/aromatic N) is 2. The van der Waals surface area contributed by atoms with E-state index in [9.17, 15) is 18.8 Å². The van der Waals surface area contributed by atoms with Gasteiger partial charge in [-0.1, -0.05) is 56.4 Å². The van der Waals surface area contributed by atoms with Crippen LogP contribution in [0.3, 0.4) is 0 Å². The van der Waals surface area contributed by atoms with E-state index in [-0.39, 0.29) is 29.9 Å². The average molecular weight is 685 g/mol. The van der Waals surface area contributed by atoms with Crippen LogP contribution >= 0.6 is 0 Å². The number of hydrogen-bond donors (Lipinski definition) is 0. The summed E-state index contributed by atoms with van der Waals surface area (Å²) >= 11 is 0. The van der Waals surface area contributed by atoms with Gasteiger partial charge in [0, 0.05) is 24.8 Å². The minimum atomic E-state index is -0.515. The molecule has 0 fully saturated rings. The lowest BCUT2D eigenvalue weighted by Crippen LogP contribution is -2.09. The van der Waals surface area contributed by atoms with Crippen LogP contribution in [0, 0.1) is 22.7 Å². The number of halogens is 1. The van der Waals surface area contributed by atoms with Crippen LogP contribution in [-0.2, 0) is 14.3 Å². The zero-order chi connectivity index (χ0) is 36.0. The van der Waals surface area contributed by atoms with Gasteiger partial charge in [-0.3, -0.25) is 9.59 Å². The largest absolute Gasteiger partial charge is 0.427 e. The number of hydrogen-bond acceptors (Lipinski definition) is 8. The van der Waals surface area contributed by atoms with Crippen LogP contribution in [0.5, 0.6) is 11.5 Å². The van der Waals surface area contributed by atoms with E-state index in [0.717, 1.165) is 48.4 Å². The maximum atomic E-state index is 14.7. The third kappa shape index (κ3) is 10.7. The summed E-state index contributed by atoms with van der Waals surface area (Å²) in [5.41, 5.74) is 2.14. The number of nitriles is 2. The molecule has 0 radical (unpaired) electrons. The Morgan fingerprint density at radius 1 is 0.647 bits per heavy atom. The van der Waals surface area contributed by atoms with E-state index in [1.165, 1.54) is 6.08 Å². The van der Waals surface area contributed by atoms with E-state index < -0.39 is 11.9 Å². The van der Waals surface area contributed by atoms with Gasteiger partial charge in [-0.05, 0) is 102 Å². The van der Waals surface area contributed by atoms with Gasteiger partial charge in [0.2, 0.25) is 0 Å². The van der Waals surface area contributed by atoms with E-state index in [2.05, 4.69) is 0 Å². The fraction of sp³-hybridized carbons (Fsp3) is 0.262. The van der Waals surface area contributed by atoms with Crippen molar-refractivity contribution in [3.63, 3.8) is 0 Å². The lowest BCUT2D eigenvalue weighted by atomic mass is 9.90. The van der Waals surface area contributed by atoms with Crippen LogP contribution in [0.4, 0.5) is 4.39 Å². The highest BCUT2D eigenvalue weighted by molar-refractivity contribution is 5.96. The molecule has 0 spiro atoms. The second kappa shape index (κ2) is 18.1. The molecule has 4 aromatic rings. The molecule has 51 heavy (non-hydrogen) atoms. The molecule has 8 nitrogen and oxygen atoms in total. The predicted molar refractivity (Wildman–Crippen MR) is 189 cm³/mol. The van der Waals surface area contributed by atoms with Crippen LogP contribution in [0.1, 0.15) is 97.2 Å². The Morgan fingerprint density at radius 2 is 1.20 bits per heavy atom. The maximum Gasteiger partial charge on any atom is 0.343 e. The standard InChI is InChI=1S/C42H37FN2O6/c43-39-26-37(22-23-38(39)31-14-10-29(27-44)11-15-31)50-41(47)9-7-5-3-1-2-4-6-8-40(46)49-36-21-18-32-24-34(17-16-33(32)25-36)42(48)51-35-19-12-30(28-45)13-20-35/h10-22,24-26,38H,1-9,23H2. The first-order valence-electron chi connectivity index (χ1n) is 17.1. The molecule has 5 rings (SSSR count). The number of allylic oxidation sites excluding steroid dienone is 3. The number of carbonyl (C=O) groups excluding carboxylic acids is 3. The topological polar surface area (TPSA) is 126 Å².